The normalized spacial score (nSPS) is 17.8. The molecule has 1 atom stereocenters. The maximum absolute atomic E-state index is 13.2. The number of nitrogens with zero attached hydrogens (tertiary/aromatic N) is 4. The summed E-state index contributed by atoms with van der Waals surface area (Å²) < 4.78 is 10.1. The van der Waals surface area contributed by atoms with E-state index < -0.39 is 22.8 Å². The summed E-state index contributed by atoms with van der Waals surface area (Å²) in [7, 11) is 2.30. The Labute approximate surface area is 225 Å². The minimum absolute atomic E-state index is 0.0199. The average molecular weight is 532 g/mol. The van der Waals surface area contributed by atoms with Gasteiger partial charge in [0, 0.05) is 19.2 Å². The summed E-state index contributed by atoms with van der Waals surface area (Å²) >= 11 is 0. The van der Waals surface area contributed by atoms with Crippen molar-refractivity contribution >= 4 is 29.0 Å². The van der Waals surface area contributed by atoms with Crippen LogP contribution >= 0.6 is 0 Å². The summed E-state index contributed by atoms with van der Waals surface area (Å²) in [5.41, 5.74) is 6.96. The summed E-state index contributed by atoms with van der Waals surface area (Å²) in [6.45, 7) is 1.37. The number of nitro benzene ring substituents is 1. The van der Waals surface area contributed by atoms with Crippen LogP contribution in [0.25, 0.3) is 0 Å². The smallest absolute Gasteiger partial charge is 0.355 e. The average Bonchev–Trinajstić information content (AvgIpc) is 3.25. The molecular formula is C28H29N5O6. The first kappa shape index (κ1) is 27.2. The molecule has 2 aliphatic rings. The number of nitriles is 1. The quantitative estimate of drug-likeness (QED) is 0.330. The minimum Gasteiger partial charge on any atom is -0.466 e. The van der Waals surface area contributed by atoms with E-state index in [1.54, 1.807) is 42.5 Å². The van der Waals surface area contributed by atoms with Gasteiger partial charge in [-0.25, -0.2) is 9.59 Å². The zero-order valence-corrected chi connectivity index (χ0v) is 21.8. The van der Waals surface area contributed by atoms with Crippen molar-refractivity contribution in [3.63, 3.8) is 0 Å². The first-order valence-electron chi connectivity index (χ1n) is 12.5. The van der Waals surface area contributed by atoms with Crippen LogP contribution in [0.1, 0.15) is 37.2 Å². The van der Waals surface area contributed by atoms with E-state index in [0.29, 0.717) is 24.3 Å². The molecule has 39 heavy (non-hydrogen) atoms. The van der Waals surface area contributed by atoms with Crippen molar-refractivity contribution in [2.24, 2.45) is 5.73 Å². The predicted octanol–water partition coefficient (Wildman–Crippen LogP) is 3.87. The molecule has 2 N–H and O–H groups in total. The van der Waals surface area contributed by atoms with Crippen LogP contribution in [0.4, 0.5) is 17.1 Å². The molecular weight excluding hydrogens is 502 g/mol. The number of benzene rings is 2. The van der Waals surface area contributed by atoms with E-state index in [-0.39, 0.29) is 34.0 Å². The molecule has 2 aliphatic heterocycles. The number of nitro groups is 1. The Morgan fingerprint density at radius 1 is 1.03 bits per heavy atom. The van der Waals surface area contributed by atoms with Crippen molar-refractivity contribution in [1.82, 2.24) is 0 Å². The number of allylic oxidation sites excluding steroid dienone is 1. The second kappa shape index (κ2) is 11.7. The Bertz CT molecular complexity index is 1390. The third kappa shape index (κ3) is 5.13. The van der Waals surface area contributed by atoms with E-state index in [2.05, 4.69) is 6.07 Å². The topological polar surface area (TPSA) is 152 Å². The zero-order chi connectivity index (χ0) is 28.1. The highest BCUT2D eigenvalue weighted by molar-refractivity contribution is 6.06. The highest BCUT2D eigenvalue weighted by Crippen LogP contribution is 2.44. The molecule has 1 saturated heterocycles. The molecule has 11 heteroatoms. The van der Waals surface area contributed by atoms with Crippen molar-refractivity contribution in [2.75, 3.05) is 37.1 Å². The number of ether oxygens (including phenoxy) is 2. The Balaban J connectivity index is 1.98. The van der Waals surface area contributed by atoms with Crippen LogP contribution in [0.3, 0.4) is 0 Å². The van der Waals surface area contributed by atoms with Gasteiger partial charge in [-0.3, -0.25) is 15.0 Å². The molecule has 0 radical (unpaired) electrons. The van der Waals surface area contributed by atoms with E-state index in [1.807, 2.05) is 4.90 Å². The SMILES string of the molecule is COC(=O)C1=C(C(=O)OC)N(c2ccc(N3CCCCCC3)c([N+](=O)[O-])c2)C(N)=C(C#N)C1c1ccccc1. The molecule has 4 rings (SSSR count). The fourth-order valence-electron chi connectivity index (χ4n) is 5.16. The zero-order valence-electron chi connectivity index (χ0n) is 21.8. The molecule has 0 bridgehead atoms. The van der Waals surface area contributed by atoms with E-state index in [0.717, 1.165) is 44.8 Å². The van der Waals surface area contributed by atoms with Gasteiger partial charge < -0.3 is 20.1 Å². The van der Waals surface area contributed by atoms with E-state index >= 15 is 0 Å². The van der Waals surface area contributed by atoms with Gasteiger partial charge in [-0.05, 0) is 30.5 Å². The maximum Gasteiger partial charge on any atom is 0.355 e. The molecule has 2 aromatic rings. The lowest BCUT2D eigenvalue weighted by molar-refractivity contribution is -0.384. The van der Waals surface area contributed by atoms with Crippen LogP contribution in [-0.4, -0.2) is 44.2 Å². The first-order valence-corrected chi connectivity index (χ1v) is 12.5. The lowest BCUT2D eigenvalue weighted by Gasteiger charge is -2.36. The molecule has 1 unspecified atom stereocenters. The number of methoxy groups -OCH3 is 2. The molecule has 2 aromatic carbocycles. The summed E-state index contributed by atoms with van der Waals surface area (Å²) in [4.78, 5) is 41.3. The summed E-state index contributed by atoms with van der Waals surface area (Å²) in [5, 5.41) is 22.4. The fourth-order valence-corrected chi connectivity index (χ4v) is 5.16. The molecule has 2 heterocycles. The second-order valence-corrected chi connectivity index (χ2v) is 9.17. The third-order valence-corrected chi connectivity index (χ3v) is 6.97. The number of hydrogen-bond donors (Lipinski definition) is 1. The molecule has 0 aliphatic carbocycles. The Morgan fingerprint density at radius 2 is 1.67 bits per heavy atom. The van der Waals surface area contributed by atoms with Crippen LogP contribution in [-0.2, 0) is 19.1 Å². The Hall–Kier alpha value is -4.85. The van der Waals surface area contributed by atoms with Gasteiger partial charge in [0.05, 0.1) is 48.0 Å². The molecule has 0 spiro atoms. The summed E-state index contributed by atoms with van der Waals surface area (Å²) in [6.07, 6.45) is 3.96. The maximum atomic E-state index is 13.2. The van der Waals surface area contributed by atoms with Crippen molar-refractivity contribution in [2.45, 2.75) is 31.6 Å². The molecule has 1 fully saturated rings. The van der Waals surface area contributed by atoms with Gasteiger partial charge in [-0.1, -0.05) is 43.2 Å². The van der Waals surface area contributed by atoms with Crippen LogP contribution in [0.2, 0.25) is 0 Å². The first-order chi connectivity index (χ1) is 18.8. The third-order valence-electron chi connectivity index (χ3n) is 6.97. The van der Waals surface area contributed by atoms with Gasteiger partial charge >= 0.3 is 11.9 Å². The fraction of sp³-hybridized carbons (Fsp3) is 0.321. The van der Waals surface area contributed by atoms with Crippen LogP contribution in [0, 0.1) is 21.4 Å². The van der Waals surface area contributed by atoms with Crippen LogP contribution in [0.15, 0.2) is 71.2 Å². The number of carbonyl (C=O) groups is 2. The van der Waals surface area contributed by atoms with Gasteiger partial charge in [0.1, 0.15) is 17.2 Å². The van der Waals surface area contributed by atoms with Gasteiger partial charge in [0.15, 0.2) is 0 Å². The number of nitrogens with two attached hydrogens (primary N) is 1. The molecule has 11 nitrogen and oxygen atoms in total. The standard InChI is InChI=1S/C28H29N5O6/c1-38-27(34)24-23(18-10-6-5-7-11-18)20(17-29)26(30)32(25(24)28(35)39-2)19-12-13-21(22(16-19)33(36)37)31-14-8-3-4-9-15-31/h5-7,10-13,16,23H,3-4,8-9,14-15,30H2,1-2H3. The number of anilines is 2. The molecule has 0 amide bonds. The largest absolute Gasteiger partial charge is 0.466 e. The minimum atomic E-state index is -1.03. The summed E-state index contributed by atoms with van der Waals surface area (Å²) in [6, 6.07) is 15.2. The number of hydrogen-bond acceptors (Lipinski definition) is 10. The van der Waals surface area contributed by atoms with Crippen molar-refractivity contribution in [3.05, 3.63) is 86.9 Å². The van der Waals surface area contributed by atoms with E-state index in [9.17, 15) is 25.0 Å². The second-order valence-electron chi connectivity index (χ2n) is 9.17. The van der Waals surface area contributed by atoms with Crippen molar-refractivity contribution < 1.29 is 24.0 Å². The number of rotatable bonds is 6. The Kier molecular flexibility index (Phi) is 8.15. The lowest BCUT2D eigenvalue weighted by Crippen LogP contribution is -2.40. The Morgan fingerprint density at radius 3 is 2.23 bits per heavy atom. The van der Waals surface area contributed by atoms with E-state index in [1.165, 1.54) is 6.07 Å². The monoisotopic (exact) mass is 531 g/mol. The van der Waals surface area contributed by atoms with Crippen molar-refractivity contribution in [1.29, 1.82) is 5.26 Å². The molecule has 0 aromatic heterocycles. The highest BCUT2D eigenvalue weighted by Gasteiger charge is 2.43. The van der Waals surface area contributed by atoms with Gasteiger partial charge in [-0.2, -0.15) is 5.26 Å². The number of carbonyl (C=O) groups excluding carboxylic acids is 2. The lowest BCUT2D eigenvalue weighted by atomic mass is 9.81. The van der Waals surface area contributed by atoms with Gasteiger partial charge in [-0.15, -0.1) is 0 Å². The summed E-state index contributed by atoms with van der Waals surface area (Å²) in [5.74, 6) is -2.97. The van der Waals surface area contributed by atoms with Gasteiger partial charge in [0.25, 0.3) is 5.69 Å². The number of esters is 2. The van der Waals surface area contributed by atoms with Gasteiger partial charge in [0.2, 0.25) is 0 Å². The van der Waals surface area contributed by atoms with Crippen LogP contribution < -0.4 is 15.5 Å². The van der Waals surface area contributed by atoms with E-state index in [4.69, 9.17) is 15.2 Å². The molecule has 0 saturated carbocycles. The molecule has 202 valence electrons. The van der Waals surface area contributed by atoms with Crippen molar-refractivity contribution in [3.8, 4) is 6.07 Å². The van der Waals surface area contributed by atoms with Crippen LogP contribution in [0.5, 0.6) is 0 Å². The predicted molar refractivity (Wildman–Crippen MR) is 143 cm³/mol. The highest BCUT2D eigenvalue weighted by atomic mass is 16.6.